The first-order valence-electron chi connectivity index (χ1n) is 9.64. The Morgan fingerprint density at radius 3 is 2.59 bits per heavy atom. The standard InChI is InChI=1S/C20H18ClF2N3O3S3/c1-2-7-26-18-14(23)10-13(22)11-15(18)30-20(26)24-19(27)12-5-8-25(9-6-12)32(28,29)17-4-3-16(21)31-17/h2-4,10-12H,1,5-9H2. The van der Waals surface area contributed by atoms with Gasteiger partial charge in [0.15, 0.2) is 10.6 Å². The average Bonchev–Trinajstić information content (AvgIpc) is 3.32. The summed E-state index contributed by atoms with van der Waals surface area (Å²) in [5, 5.41) is 0. The van der Waals surface area contributed by atoms with Gasteiger partial charge in [-0.25, -0.2) is 17.2 Å². The van der Waals surface area contributed by atoms with Crippen LogP contribution in [0.1, 0.15) is 12.8 Å². The number of amides is 1. The minimum atomic E-state index is -3.65. The van der Waals surface area contributed by atoms with Gasteiger partial charge in [-0.05, 0) is 31.0 Å². The summed E-state index contributed by atoms with van der Waals surface area (Å²) >= 11 is 7.87. The fourth-order valence-electron chi connectivity index (χ4n) is 3.61. The van der Waals surface area contributed by atoms with Crippen LogP contribution in [0, 0.1) is 17.6 Å². The van der Waals surface area contributed by atoms with Crippen molar-refractivity contribution in [1.82, 2.24) is 8.87 Å². The summed E-state index contributed by atoms with van der Waals surface area (Å²) in [6.45, 7) is 4.22. The maximum Gasteiger partial charge on any atom is 0.252 e. The molecule has 1 fully saturated rings. The smallest absolute Gasteiger partial charge is 0.252 e. The van der Waals surface area contributed by atoms with Crippen LogP contribution in [0.3, 0.4) is 0 Å². The van der Waals surface area contributed by atoms with E-state index in [-0.39, 0.29) is 34.2 Å². The molecule has 32 heavy (non-hydrogen) atoms. The van der Waals surface area contributed by atoms with E-state index in [9.17, 15) is 22.0 Å². The maximum absolute atomic E-state index is 14.3. The fourth-order valence-corrected chi connectivity index (χ4v) is 7.80. The molecule has 1 aliphatic heterocycles. The SMILES string of the molecule is C=CCn1c(=NC(=O)C2CCN(S(=O)(=O)c3ccc(Cl)s3)CC2)sc2cc(F)cc(F)c21. The third-order valence-electron chi connectivity index (χ3n) is 5.16. The zero-order valence-corrected chi connectivity index (χ0v) is 19.8. The number of carbonyl (C=O) groups excluding carboxylic acids is 1. The molecule has 1 saturated heterocycles. The summed E-state index contributed by atoms with van der Waals surface area (Å²) in [5.74, 6) is -2.32. The first-order chi connectivity index (χ1) is 15.2. The Kier molecular flexibility index (Phi) is 6.64. The number of hydrogen-bond acceptors (Lipinski definition) is 5. The van der Waals surface area contributed by atoms with Gasteiger partial charge in [0.05, 0.1) is 14.6 Å². The van der Waals surface area contributed by atoms with E-state index in [1.807, 2.05) is 0 Å². The topological polar surface area (TPSA) is 71.7 Å². The van der Waals surface area contributed by atoms with Gasteiger partial charge >= 0.3 is 0 Å². The zero-order valence-electron chi connectivity index (χ0n) is 16.6. The van der Waals surface area contributed by atoms with Crippen LogP contribution in [0.15, 0.2) is 46.1 Å². The van der Waals surface area contributed by atoms with Crippen molar-refractivity contribution in [2.45, 2.75) is 23.6 Å². The number of hydrogen-bond donors (Lipinski definition) is 0. The van der Waals surface area contributed by atoms with Gasteiger partial charge in [0.25, 0.3) is 15.9 Å². The van der Waals surface area contributed by atoms with Crippen molar-refractivity contribution >= 4 is 60.4 Å². The van der Waals surface area contributed by atoms with E-state index in [4.69, 9.17) is 11.6 Å². The molecule has 170 valence electrons. The van der Waals surface area contributed by atoms with Crippen LogP contribution in [0.25, 0.3) is 10.2 Å². The number of thiophene rings is 1. The number of nitrogens with zero attached hydrogens (tertiary/aromatic N) is 3. The van der Waals surface area contributed by atoms with Gasteiger partial charge in [0.2, 0.25) is 0 Å². The van der Waals surface area contributed by atoms with Crippen LogP contribution < -0.4 is 4.80 Å². The monoisotopic (exact) mass is 517 g/mol. The summed E-state index contributed by atoms with van der Waals surface area (Å²) in [6.07, 6.45) is 2.17. The molecule has 0 saturated carbocycles. The predicted octanol–water partition coefficient (Wildman–Crippen LogP) is 4.41. The van der Waals surface area contributed by atoms with Crippen LogP contribution >= 0.6 is 34.3 Å². The molecule has 6 nitrogen and oxygen atoms in total. The third kappa shape index (κ3) is 4.44. The molecule has 0 N–H and O–H groups in total. The fraction of sp³-hybridized carbons (Fsp3) is 0.300. The van der Waals surface area contributed by atoms with Gasteiger partial charge in [0, 0.05) is 31.6 Å². The number of fused-ring (bicyclic) bond motifs is 1. The van der Waals surface area contributed by atoms with Gasteiger partial charge in [-0.1, -0.05) is 29.0 Å². The van der Waals surface area contributed by atoms with Crippen molar-refractivity contribution in [3.05, 3.63) is 57.7 Å². The lowest BCUT2D eigenvalue weighted by atomic mass is 9.98. The van der Waals surface area contributed by atoms with E-state index in [1.165, 1.54) is 27.1 Å². The van der Waals surface area contributed by atoms with E-state index in [2.05, 4.69) is 11.6 Å². The van der Waals surface area contributed by atoms with Gasteiger partial charge in [-0.2, -0.15) is 9.30 Å². The van der Waals surface area contributed by atoms with Crippen molar-refractivity contribution in [1.29, 1.82) is 0 Å². The third-order valence-corrected chi connectivity index (χ3v) is 9.78. The minimum Gasteiger partial charge on any atom is -0.310 e. The Morgan fingerprint density at radius 2 is 1.97 bits per heavy atom. The zero-order chi connectivity index (χ0) is 23.0. The summed E-state index contributed by atoms with van der Waals surface area (Å²) in [7, 11) is -3.65. The number of rotatable bonds is 5. The molecule has 0 atom stereocenters. The van der Waals surface area contributed by atoms with Crippen LogP contribution in [-0.2, 0) is 21.4 Å². The highest BCUT2D eigenvalue weighted by Crippen LogP contribution is 2.31. The molecule has 1 amide bonds. The van der Waals surface area contributed by atoms with Gasteiger partial charge in [-0.15, -0.1) is 17.9 Å². The Bertz CT molecular complexity index is 1370. The number of benzene rings is 1. The molecule has 4 rings (SSSR count). The quantitative estimate of drug-likeness (QED) is 0.471. The van der Waals surface area contributed by atoms with Crippen LogP contribution in [0.2, 0.25) is 4.34 Å². The average molecular weight is 518 g/mol. The summed E-state index contributed by atoms with van der Waals surface area (Å²) in [4.78, 5) is 17.3. The van der Waals surface area contributed by atoms with E-state index in [1.54, 1.807) is 6.08 Å². The van der Waals surface area contributed by atoms with Crippen molar-refractivity contribution in [3.8, 4) is 0 Å². The summed E-state index contributed by atoms with van der Waals surface area (Å²) < 4.78 is 57.2. The molecule has 3 aromatic rings. The molecule has 0 spiro atoms. The highest BCUT2D eigenvalue weighted by Gasteiger charge is 2.33. The molecule has 1 aromatic carbocycles. The van der Waals surface area contributed by atoms with Gasteiger partial charge in [-0.3, -0.25) is 4.79 Å². The first kappa shape index (κ1) is 23.2. The molecule has 3 heterocycles. The van der Waals surface area contributed by atoms with Gasteiger partial charge < -0.3 is 4.57 Å². The van der Waals surface area contributed by atoms with Crippen molar-refractivity contribution < 1.29 is 22.0 Å². The van der Waals surface area contributed by atoms with E-state index in [0.29, 0.717) is 21.9 Å². The number of allylic oxidation sites excluding steroid dienone is 1. The number of aromatic nitrogens is 1. The van der Waals surface area contributed by atoms with Crippen molar-refractivity contribution in [2.75, 3.05) is 13.1 Å². The lowest BCUT2D eigenvalue weighted by molar-refractivity contribution is -0.122. The second kappa shape index (κ2) is 9.14. The van der Waals surface area contributed by atoms with E-state index >= 15 is 0 Å². The second-order valence-electron chi connectivity index (χ2n) is 7.21. The lowest BCUT2D eigenvalue weighted by Gasteiger charge is -2.29. The molecule has 0 bridgehead atoms. The van der Waals surface area contributed by atoms with Crippen LogP contribution in [0.5, 0.6) is 0 Å². The van der Waals surface area contributed by atoms with Gasteiger partial charge in [0.1, 0.15) is 10.0 Å². The lowest BCUT2D eigenvalue weighted by Crippen LogP contribution is -2.40. The number of piperidine rings is 1. The van der Waals surface area contributed by atoms with Crippen LogP contribution in [-0.4, -0.2) is 36.3 Å². The Morgan fingerprint density at radius 1 is 1.25 bits per heavy atom. The Labute approximate surface area is 196 Å². The normalized spacial score (nSPS) is 16.7. The molecule has 2 aromatic heterocycles. The number of halogens is 3. The maximum atomic E-state index is 14.3. The first-order valence-corrected chi connectivity index (χ1v) is 13.1. The van der Waals surface area contributed by atoms with Crippen molar-refractivity contribution in [3.63, 3.8) is 0 Å². The van der Waals surface area contributed by atoms with Crippen LogP contribution in [0.4, 0.5) is 8.78 Å². The summed E-state index contributed by atoms with van der Waals surface area (Å²) in [5.41, 5.74) is 0.165. The molecule has 12 heteroatoms. The largest absolute Gasteiger partial charge is 0.310 e. The number of thiazole rings is 1. The molecular weight excluding hydrogens is 500 g/mol. The second-order valence-corrected chi connectivity index (χ2v) is 12.1. The Balaban J connectivity index is 1.56. The molecular formula is C20H18ClF2N3O3S3. The highest BCUT2D eigenvalue weighted by atomic mass is 35.5. The highest BCUT2D eigenvalue weighted by molar-refractivity contribution is 7.91. The van der Waals surface area contributed by atoms with Crippen molar-refractivity contribution in [2.24, 2.45) is 10.9 Å². The van der Waals surface area contributed by atoms with E-state index in [0.717, 1.165) is 28.7 Å². The molecule has 0 unspecified atom stereocenters. The number of carbonyl (C=O) groups is 1. The predicted molar refractivity (Wildman–Crippen MR) is 121 cm³/mol. The molecule has 0 radical (unpaired) electrons. The molecule has 0 aliphatic carbocycles. The van der Waals surface area contributed by atoms with E-state index < -0.39 is 33.5 Å². The minimum absolute atomic E-state index is 0.165. The summed E-state index contributed by atoms with van der Waals surface area (Å²) in [6, 6.07) is 4.99. The number of sulfonamides is 1. The Hall–Kier alpha value is -1.92. The molecule has 1 aliphatic rings.